The van der Waals surface area contributed by atoms with Gasteiger partial charge >= 0.3 is 10.1 Å². The second-order valence-electron chi connectivity index (χ2n) is 3.75. The molecule has 5 nitrogen and oxygen atoms in total. The Morgan fingerprint density at radius 1 is 1.05 bits per heavy atom. The Balaban J connectivity index is 2.32. The second-order valence-corrected chi connectivity index (χ2v) is 5.30. The Kier molecular flexibility index (Phi) is 3.62. The van der Waals surface area contributed by atoms with Gasteiger partial charge in [0.25, 0.3) is 0 Å². The number of nitrogen functional groups attached to an aromatic ring is 1. The molecule has 0 saturated heterocycles. The molecule has 0 bridgehead atoms. The molecule has 0 saturated carbocycles. The van der Waals surface area contributed by atoms with Crippen molar-refractivity contribution in [2.24, 2.45) is 0 Å². The van der Waals surface area contributed by atoms with Crippen molar-refractivity contribution in [1.29, 1.82) is 0 Å². The molecule has 0 radical (unpaired) electrons. The molecule has 0 heterocycles. The summed E-state index contributed by atoms with van der Waals surface area (Å²) in [6.45, 7) is 0. The highest BCUT2D eigenvalue weighted by Gasteiger charge is 2.18. The van der Waals surface area contributed by atoms with E-state index in [1.54, 1.807) is 30.3 Å². The van der Waals surface area contributed by atoms with Gasteiger partial charge in [-0.05, 0) is 30.3 Å². The van der Waals surface area contributed by atoms with E-state index in [2.05, 4.69) is 0 Å². The summed E-state index contributed by atoms with van der Waals surface area (Å²) in [6, 6.07) is 12.4. The largest absolute Gasteiger partial charge is 0.495 e. The molecule has 0 atom stereocenters. The molecule has 100 valence electrons. The minimum Gasteiger partial charge on any atom is -0.495 e. The summed E-state index contributed by atoms with van der Waals surface area (Å²) in [4.78, 5) is -0.0188. The summed E-state index contributed by atoms with van der Waals surface area (Å²) < 4.78 is 34.0. The number of para-hydroxylation sites is 1. The first-order valence-electron chi connectivity index (χ1n) is 5.46. The first kappa shape index (κ1) is 13.2. The lowest BCUT2D eigenvalue weighted by atomic mass is 10.3. The summed E-state index contributed by atoms with van der Waals surface area (Å²) >= 11 is 0. The SMILES string of the molecule is COc1ccc(S(=O)(=O)Oc2ccccc2)cc1N. The number of methoxy groups -OCH3 is 1. The maximum atomic E-state index is 12.0. The van der Waals surface area contributed by atoms with E-state index in [0.29, 0.717) is 5.75 Å². The molecule has 0 aliphatic rings. The van der Waals surface area contributed by atoms with Gasteiger partial charge in [-0.3, -0.25) is 0 Å². The van der Waals surface area contributed by atoms with Crippen LogP contribution in [0.15, 0.2) is 53.4 Å². The van der Waals surface area contributed by atoms with Gasteiger partial charge in [-0.15, -0.1) is 0 Å². The van der Waals surface area contributed by atoms with Crippen LogP contribution in [0.25, 0.3) is 0 Å². The van der Waals surface area contributed by atoms with Gasteiger partial charge in [0.05, 0.1) is 12.8 Å². The molecule has 0 amide bonds. The molecular formula is C13H13NO4S. The maximum Gasteiger partial charge on any atom is 0.339 e. The molecule has 0 aromatic heterocycles. The smallest absolute Gasteiger partial charge is 0.339 e. The van der Waals surface area contributed by atoms with Crippen LogP contribution in [0.1, 0.15) is 0 Å². The Morgan fingerprint density at radius 2 is 1.74 bits per heavy atom. The third kappa shape index (κ3) is 2.97. The average molecular weight is 279 g/mol. The van der Waals surface area contributed by atoms with E-state index in [-0.39, 0.29) is 16.3 Å². The minimum atomic E-state index is -3.90. The highest BCUT2D eigenvalue weighted by molar-refractivity contribution is 7.87. The van der Waals surface area contributed by atoms with Crippen LogP contribution in [0.3, 0.4) is 0 Å². The number of nitrogens with two attached hydrogens (primary N) is 1. The van der Waals surface area contributed by atoms with E-state index >= 15 is 0 Å². The quantitative estimate of drug-likeness (QED) is 0.684. The fourth-order valence-corrected chi connectivity index (χ4v) is 2.49. The van der Waals surface area contributed by atoms with E-state index < -0.39 is 10.1 Å². The molecule has 6 heteroatoms. The van der Waals surface area contributed by atoms with Crippen LogP contribution in [0, 0.1) is 0 Å². The van der Waals surface area contributed by atoms with Crippen molar-refractivity contribution in [2.75, 3.05) is 12.8 Å². The summed E-state index contributed by atoms with van der Waals surface area (Å²) in [5.74, 6) is 0.663. The van der Waals surface area contributed by atoms with E-state index in [1.165, 1.54) is 25.3 Å². The predicted octanol–water partition coefficient (Wildman–Crippen LogP) is 2.05. The standard InChI is InChI=1S/C13H13NO4S/c1-17-13-8-7-11(9-12(13)14)19(15,16)18-10-5-3-2-4-6-10/h2-9H,14H2,1H3. The van der Waals surface area contributed by atoms with Crippen molar-refractivity contribution in [2.45, 2.75) is 4.90 Å². The Morgan fingerprint density at radius 3 is 2.32 bits per heavy atom. The van der Waals surface area contributed by atoms with Crippen molar-refractivity contribution in [3.63, 3.8) is 0 Å². The number of rotatable bonds is 4. The van der Waals surface area contributed by atoms with Crippen LogP contribution in [0.2, 0.25) is 0 Å². The van der Waals surface area contributed by atoms with Gasteiger partial charge in [-0.2, -0.15) is 8.42 Å². The van der Waals surface area contributed by atoms with Gasteiger partial charge in [0.15, 0.2) is 0 Å². The molecule has 0 unspecified atom stereocenters. The van der Waals surface area contributed by atoms with Crippen molar-refractivity contribution in [3.05, 3.63) is 48.5 Å². The zero-order valence-corrected chi connectivity index (χ0v) is 11.1. The van der Waals surface area contributed by atoms with Crippen LogP contribution in [-0.2, 0) is 10.1 Å². The normalized spacial score (nSPS) is 11.0. The number of benzene rings is 2. The van der Waals surface area contributed by atoms with Crippen LogP contribution in [0.4, 0.5) is 5.69 Å². The molecule has 0 fully saturated rings. The topological polar surface area (TPSA) is 78.6 Å². The lowest BCUT2D eigenvalue weighted by molar-refractivity contribution is 0.416. The van der Waals surface area contributed by atoms with Crippen molar-refractivity contribution < 1.29 is 17.3 Å². The molecule has 0 spiro atoms. The molecular weight excluding hydrogens is 266 g/mol. The monoisotopic (exact) mass is 279 g/mol. The van der Waals surface area contributed by atoms with Crippen molar-refractivity contribution in [3.8, 4) is 11.5 Å². The predicted molar refractivity (Wildman–Crippen MR) is 71.7 cm³/mol. The highest BCUT2D eigenvalue weighted by Crippen LogP contribution is 2.26. The zero-order chi connectivity index (χ0) is 13.9. The van der Waals surface area contributed by atoms with E-state index in [0.717, 1.165) is 0 Å². The number of ether oxygens (including phenoxy) is 1. The lowest BCUT2D eigenvalue weighted by Gasteiger charge is -2.09. The van der Waals surface area contributed by atoms with Crippen LogP contribution < -0.4 is 14.7 Å². The molecule has 0 aliphatic heterocycles. The molecule has 2 N–H and O–H groups in total. The molecule has 2 rings (SSSR count). The van der Waals surface area contributed by atoms with Gasteiger partial charge in [0, 0.05) is 0 Å². The third-order valence-electron chi connectivity index (χ3n) is 2.44. The Labute approximate surface area is 111 Å². The first-order valence-corrected chi connectivity index (χ1v) is 6.87. The average Bonchev–Trinajstić information content (AvgIpc) is 2.39. The van der Waals surface area contributed by atoms with Gasteiger partial charge in [-0.1, -0.05) is 18.2 Å². The molecule has 2 aromatic rings. The first-order chi connectivity index (χ1) is 9.03. The number of hydrogen-bond donors (Lipinski definition) is 1. The van der Waals surface area contributed by atoms with Gasteiger partial charge in [-0.25, -0.2) is 0 Å². The van der Waals surface area contributed by atoms with Crippen molar-refractivity contribution in [1.82, 2.24) is 0 Å². The molecule has 0 aliphatic carbocycles. The van der Waals surface area contributed by atoms with Gasteiger partial charge in [0.1, 0.15) is 16.4 Å². The van der Waals surface area contributed by atoms with E-state index in [9.17, 15) is 8.42 Å². The summed E-state index contributed by atoms with van der Waals surface area (Å²) in [5, 5.41) is 0. The Hall–Kier alpha value is -2.21. The van der Waals surface area contributed by atoms with Crippen molar-refractivity contribution >= 4 is 15.8 Å². The lowest BCUT2D eigenvalue weighted by Crippen LogP contribution is -2.10. The maximum absolute atomic E-state index is 12.0. The molecule has 19 heavy (non-hydrogen) atoms. The summed E-state index contributed by atoms with van der Waals surface area (Å²) in [6.07, 6.45) is 0. The third-order valence-corrected chi connectivity index (χ3v) is 3.68. The number of anilines is 1. The van der Waals surface area contributed by atoms with E-state index in [4.69, 9.17) is 14.7 Å². The fraction of sp³-hybridized carbons (Fsp3) is 0.0769. The molecule has 2 aromatic carbocycles. The zero-order valence-electron chi connectivity index (χ0n) is 10.2. The van der Waals surface area contributed by atoms with Crippen LogP contribution >= 0.6 is 0 Å². The second kappa shape index (κ2) is 5.19. The highest BCUT2D eigenvalue weighted by atomic mass is 32.2. The van der Waals surface area contributed by atoms with Gasteiger partial charge < -0.3 is 14.7 Å². The Bertz CT molecular complexity index is 668. The fourth-order valence-electron chi connectivity index (χ4n) is 1.52. The summed E-state index contributed by atoms with van der Waals surface area (Å²) in [7, 11) is -2.44. The van der Waals surface area contributed by atoms with E-state index in [1.807, 2.05) is 0 Å². The number of hydrogen-bond acceptors (Lipinski definition) is 5. The van der Waals surface area contributed by atoms with Crippen LogP contribution in [0.5, 0.6) is 11.5 Å². The van der Waals surface area contributed by atoms with Crippen LogP contribution in [-0.4, -0.2) is 15.5 Å². The summed E-state index contributed by atoms with van der Waals surface area (Å²) in [5.41, 5.74) is 5.91. The van der Waals surface area contributed by atoms with Gasteiger partial charge in [0.2, 0.25) is 0 Å². The minimum absolute atomic E-state index is 0.0188.